The molecule has 2 aromatic carbocycles. The van der Waals surface area contributed by atoms with Gasteiger partial charge < -0.3 is 10.2 Å². The van der Waals surface area contributed by atoms with Gasteiger partial charge in [-0.2, -0.15) is 0 Å². The Labute approximate surface area is 198 Å². The van der Waals surface area contributed by atoms with Gasteiger partial charge in [-0.15, -0.1) is 0 Å². The summed E-state index contributed by atoms with van der Waals surface area (Å²) in [6.07, 6.45) is 3.40. The van der Waals surface area contributed by atoms with E-state index in [1.54, 1.807) is 0 Å². The van der Waals surface area contributed by atoms with Crippen molar-refractivity contribution < 1.29 is 13.2 Å². The molecule has 1 heterocycles. The largest absolute Gasteiger partial charge is 0.372 e. The minimum atomic E-state index is -3.80. The lowest BCUT2D eigenvalue weighted by Gasteiger charge is -2.25. The Morgan fingerprint density at radius 2 is 1.65 bits per heavy atom. The molecule has 10 heteroatoms. The molecule has 1 saturated heterocycles. The Hall–Kier alpha value is -1.67. The summed E-state index contributed by atoms with van der Waals surface area (Å²) in [6, 6.07) is 10.4. The van der Waals surface area contributed by atoms with Crippen molar-refractivity contribution >= 4 is 62.1 Å². The van der Waals surface area contributed by atoms with Crippen molar-refractivity contribution in [3.63, 3.8) is 0 Å². The van der Waals surface area contributed by atoms with E-state index < -0.39 is 22.5 Å². The van der Waals surface area contributed by atoms with Crippen LogP contribution in [0.4, 0.5) is 11.4 Å². The number of rotatable bonds is 7. The van der Waals surface area contributed by atoms with E-state index in [-0.39, 0.29) is 26.8 Å². The molecule has 168 valence electrons. The van der Waals surface area contributed by atoms with Crippen LogP contribution in [0.5, 0.6) is 0 Å². The van der Waals surface area contributed by atoms with Crippen LogP contribution in [0, 0.1) is 0 Å². The van der Waals surface area contributed by atoms with Gasteiger partial charge in [-0.3, -0.25) is 9.10 Å². The molecule has 1 aliphatic rings. The fourth-order valence-electron chi connectivity index (χ4n) is 3.53. The number of nitrogens with one attached hydrogen (secondary N) is 1. The first kappa shape index (κ1) is 24.0. The summed E-state index contributed by atoms with van der Waals surface area (Å²) < 4.78 is 25.6. The number of hydrogen-bond acceptors (Lipinski definition) is 4. The summed E-state index contributed by atoms with van der Waals surface area (Å²) in [4.78, 5) is 15.0. The summed E-state index contributed by atoms with van der Waals surface area (Å²) in [5.74, 6) is -0.469. The van der Waals surface area contributed by atoms with Crippen LogP contribution in [0.1, 0.15) is 31.4 Å². The third kappa shape index (κ3) is 5.98. The van der Waals surface area contributed by atoms with Gasteiger partial charge in [0.1, 0.15) is 6.54 Å². The molecular weight excluding hydrogens is 481 g/mol. The molecule has 1 N–H and O–H groups in total. The molecule has 0 aromatic heterocycles. The molecule has 2 aromatic rings. The predicted molar refractivity (Wildman–Crippen MR) is 128 cm³/mol. The smallest absolute Gasteiger partial charge is 0.241 e. The van der Waals surface area contributed by atoms with Gasteiger partial charge in [0.05, 0.1) is 33.1 Å². The van der Waals surface area contributed by atoms with Gasteiger partial charge in [-0.1, -0.05) is 46.9 Å². The average molecular weight is 505 g/mol. The van der Waals surface area contributed by atoms with Crippen molar-refractivity contribution in [2.45, 2.75) is 25.8 Å². The number of halogens is 3. The zero-order valence-electron chi connectivity index (χ0n) is 17.2. The second kappa shape index (κ2) is 9.86. The lowest BCUT2D eigenvalue weighted by molar-refractivity contribution is -0.120. The van der Waals surface area contributed by atoms with Gasteiger partial charge in [0.25, 0.3) is 0 Å². The van der Waals surface area contributed by atoms with E-state index in [1.807, 2.05) is 31.2 Å². The maximum atomic E-state index is 12.7. The summed E-state index contributed by atoms with van der Waals surface area (Å²) in [6.45, 7) is 3.53. The van der Waals surface area contributed by atoms with Crippen molar-refractivity contribution in [2.24, 2.45) is 0 Å². The van der Waals surface area contributed by atoms with Gasteiger partial charge in [-0.25, -0.2) is 8.42 Å². The fourth-order valence-corrected chi connectivity index (χ4v) is 5.09. The number of carbonyl (C=O) groups is 1. The molecule has 0 saturated carbocycles. The van der Waals surface area contributed by atoms with Crippen LogP contribution in [-0.4, -0.2) is 40.2 Å². The topological polar surface area (TPSA) is 69.7 Å². The van der Waals surface area contributed by atoms with Crippen molar-refractivity contribution in [3.05, 3.63) is 57.0 Å². The van der Waals surface area contributed by atoms with E-state index in [1.165, 1.54) is 25.0 Å². The van der Waals surface area contributed by atoms with E-state index in [9.17, 15) is 13.2 Å². The van der Waals surface area contributed by atoms with E-state index in [0.717, 1.165) is 34.9 Å². The lowest BCUT2D eigenvalue weighted by Crippen LogP contribution is -2.41. The van der Waals surface area contributed by atoms with Crippen molar-refractivity contribution in [1.29, 1.82) is 0 Å². The third-order valence-electron chi connectivity index (χ3n) is 5.19. The Kier molecular flexibility index (Phi) is 7.63. The van der Waals surface area contributed by atoms with Gasteiger partial charge >= 0.3 is 0 Å². The van der Waals surface area contributed by atoms with Crippen LogP contribution < -0.4 is 14.5 Å². The highest BCUT2D eigenvalue weighted by Crippen LogP contribution is 2.35. The number of hydrogen-bond donors (Lipinski definition) is 1. The summed E-state index contributed by atoms with van der Waals surface area (Å²) in [7, 11) is -3.80. The first-order valence-electron chi connectivity index (χ1n) is 9.83. The predicted octanol–water partition coefficient (Wildman–Crippen LogP) is 4.89. The molecule has 1 fully saturated rings. The Balaban J connectivity index is 1.71. The zero-order chi connectivity index (χ0) is 22.8. The van der Waals surface area contributed by atoms with E-state index >= 15 is 0 Å². The third-order valence-corrected chi connectivity index (χ3v) is 7.34. The monoisotopic (exact) mass is 503 g/mol. The molecule has 1 unspecified atom stereocenters. The summed E-state index contributed by atoms with van der Waals surface area (Å²) in [5.41, 5.74) is 2.18. The minimum Gasteiger partial charge on any atom is -0.372 e. The van der Waals surface area contributed by atoms with Gasteiger partial charge in [-0.05, 0) is 49.6 Å². The molecule has 0 bridgehead atoms. The number of amides is 1. The number of anilines is 2. The second-order valence-electron chi connectivity index (χ2n) is 7.56. The van der Waals surface area contributed by atoms with Crippen LogP contribution in [0.3, 0.4) is 0 Å². The molecule has 0 spiro atoms. The number of carbonyl (C=O) groups excluding carboxylic acids is 1. The standard InChI is InChI=1S/C21H24Cl3N3O3S/c1-14(15-5-7-16(8-6-15)26-9-3-4-10-26)25-21(28)13-27(31(2,29)30)20-12-18(23)17(22)11-19(20)24/h5-8,11-12,14H,3-4,9-10,13H2,1-2H3,(H,25,28). The molecule has 31 heavy (non-hydrogen) atoms. The van der Waals surface area contributed by atoms with Crippen molar-refractivity contribution in [1.82, 2.24) is 5.32 Å². The number of benzene rings is 2. The van der Waals surface area contributed by atoms with Gasteiger partial charge in [0, 0.05) is 18.8 Å². The summed E-state index contributed by atoms with van der Waals surface area (Å²) in [5, 5.41) is 3.26. The van der Waals surface area contributed by atoms with Crippen molar-refractivity contribution in [2.75, 3.05) is 35.1 Å². The van der Waals surface area contributed by atoms with Crippen molar-refractivity contribution in [3.8, 4) is 0 Å². The molecule has 1 amide bonds. The van der Waals surface area contributed by atoms with Gasteiger partial charge in [0.15, 0.2) is 0 Å². The second-order valence-corrected chi connectivity index (χ2v) is 10.7. The fraction of sp³-hybridized carbons (Fsp3) is 0.381. The molecule has 1 aliphatic heterocycles. The van der Waals surface area contributed by atoms with Crippen LogP contribution in [0.2, 0.25) is 15.1 Å². The normalized spacial score (nSPS) is 15.1. The molecule has 1 atom stereocenters. The Bertz CT molecular complexity index is 1060. The first-order valence-corrected chi connectivity index (χ1v) is 12.8. The highest BCUT2D eigenvalue weighted by Gasteiger charge is 2.25. The highest BCUT2D eigenvalue weighted by molar-refractivity contribution is 7.92. The molecule has 0 radical (unpaired) electrons. The van der Waals surface area contributed by atoms with Crippen LogP contribution in [0.25, 0.3) is 0 Å². The van der Waals surface area contributed by atoms with Gasteiger partial charge in [0.2, 0.25) is 15.9 Å². The van der Waals surface area contributed by atoms with E-state index in [4.69, 9.17) is 34.8 Å². The summed E-state index contributed by atoms with van der Waals surface area (Å²) >= 11 is 18.1. The van der Waals surface area contributed by atoms with Crippen LogP contribution >= 0.6 is 34.8 Å². The molecular formula is C21H24Cl3N3O3S. The molecule has 0 aliphatic carbocycles. The zero-order valence-corrected chi connectivity index (χ0v) is 20.3. The maximum Gasteiger partial charge on any atom is 0.241 e. The molecule has 6 nitrogen and oxygen atoms in total. The molecule has 3 rings (SSSR count). The average Bonchev–Trinajstić information content (AvgIpc) is 3.23. The van der Waals surface area contributed by atoms with Crippen LogP contribution in [-0.2, 0) is 14.8 Å². The SMILES string of the molecule is CC(NC(=O)CN(c1cc(Cl)c(Cl)cc1Cl)S(C)(=O)=O)c1ccc(N2CCCC2)cc1. The lowest BCUT2D eigenvalue weighted by atomic mass is 10.1. The highest BCUT2D eigenvalue weighted by atomic mass is 35.5. The Morgan fingerprint density at radius 1 is 1.06 bits per heavy atom. The maximum absolute atomic E-state index is 12.7. The van der Waals surface area contributed by atoms with Crippen LogP contribution in [0.15, 0.2) is 36.4 Å². The minimum absolute atomic E-state index is 0.0816. The number of sulfonamides is 1. The quantitative estimate of drug-likeness (QED) is 0.545. The van der Waals surface area contributed by atoms with E-state index in [2.05, 4.69) is 10.2 Å². The first-order chi connectivity index (χ1) is 14.6. The van der Waals surface area contributed by atoms with E-state index in [0.29, 0.717) is 0 Å². The number of nitrogens with zero attached hydrogens (tertiary/aromatic N) is 2. The Morgan fingerprint density at radius 3 is 2.23 bits per heavy atom.